The molecule has 21 heavy (non-hydrogen) atoms. The minimum atomic E-state index is -0.147. The zero-order chi connectivity index (χ0) is 16.0. The first kappa shape index (κ1) is 17.4. The molecule has 0 aliphatic heterocycles. The number of hydrogen-bond acceptors (Lipinski definition) is 5. The van der Waals surface area contributed by atoms with Crippen LogP contribution in [0.4, 0.5) is 5.82 Å². The van der Waals surface area contributed by atoms with E-state index in [0.29, 0.717) is 18.0 Å². The molecule has 0 bridgehead atoms. The molecular formula is C15H26N4O2. The third kappa shape index (κ3) is 4.99. The molecule has 0 aromatic carbocycles. The molecular weight excluding hydrogens is 268 g/mol. The Morgan fingerprint density at radius 1 is 1.33 bits per heavy atom. The number of hydrazine groups is 1. The molecule has 1 heterocycles. The third-order valence-corrected chi connectivity index (χ3v) is 3.31. The minimum Gasteiger partial charge on any atom is -0.383 e. The van der Waals surface area contributed by atoms with Crippen molar-refractivity contribution in [3.05, 3.63) is 23.4 Å². The van der Waals surface area contributed by atoms with Crippen molar-refractivity contribution in [2.24, 2.45) is 11.8 Å². The van der Waals surface area contributed by atoms with Crippen molar-refractivity contribution in [1.29, 1.82) is 0 Å². The lowest BCUT2D eigenvalue weighted by Crippen LogP contribution is -2.41. The molecule has 0 radical (unpaired) electrons. The van der Waals surface area contributed by atoms with Gasteiger partial charge < -0.3 is 15.5 Å². The van der Waals surface area contributed by atoms with Crippen molar-refractivity contribution in [1.82, 2.24) is 10.3 Å². The summed E-state index contributed by atoms with van der Waals surface area (Å²) >= 11 is 0. The predicted molar refractivity (Wildman–Crippen MR) is 84.1 cm³/mol. The molecule has 1 aromatic rings. The molecule has 0 fully saturated rings. The Bertz CT molecular complexity index is 475. The van der Waals surface area contributed by atoms with E-state index in [4.69, 9.17) is 10.6 Å². The first-order chi connectivity index (χ1) is 9.88. The average Bonchev–Trinajstić information content (AvgIpc) is 2.45. The fourth-order valence-corrected chi connectivity index (χ4v) is 1.88. The zero-order valence-electron chi connectivity index (χ0n) is 13.4. The van der Waals surface area contributed by atoms with Crippen molar-refractivity contribution >= 4 is 11.7 Å². The van der Waals surface area contributed by atoms with Gasteiger partial charge in [-0.1, -0.05) is 27.7 Å². The molecule has 0 saturated heterocycles. The molecule has 6 heteroatoms. The maximum absolute atomic E-state index is 12.4. The smallest absolute Gasteiger partial charge is 0.251 e. The van der Waals surface area contributed by atoms with Crippen LogP contribution in [0.2, 0.25) is 0 Å². The number of nitrogens with one attached hydrogen (secondary N) is 2. The van der Waals surface area contributed by atoms with Gasteiger partial charge in [0.05, 0.1) is 12.6 Å². The number of ether oxygens (including phenoxy) is 1. The van der Waals surface area contributed by atoms with Gasteiger partial charge >= 0.3 is 0 Å². The van der Waals surface area contributed by atoms with Crippen LogP contribution in [0.3, 0.4) is 0 Å². The van der Waals surface area contributed by atoms with Gasteiger partial charge in [0, 0.05) is 18.4 Å². The number of nitrogens with zero attached hydrogens (tertiary/aromatic N) is 1. The molecule has 118 valence electrons. The van der Waals surface area contributed by atoms with Crippen LogP contribution in [0.5, 0.6) is 0 Å². The van der Waals surface area contributed by atoms with Crippen molar-refractivity contribution < 1.29 is 9.53 Å². The van der Waals surface area contributed by atoms with E-state index in [1.54, 1.807) is 19.2 Å². The van der Waals surface area contributed by atoms with Crippen molar-refractivity contribution in [3.8, 4) is 0 Å². The maximum Gasteiger partial charge on any atom is 0.251 e. The van der Waals surface area contributed by atoms with E-state index in [-0.39, 0.29) is 23.8 Å². The molecule has 6 nitrogen and oxygen atoms in total. The van der Waals surface area contributed by atoms with E-state index in [9.17, 15) is 4.79 Å². The van der Waals surface area contributed by atoms with Gasteiger partial charge in [0.2, 0.25) is 0 Å². The number of pyridine rings is 1. The van der Waals surface area contributed by atoms with Crippen LogP contribution >= 0.6 is 0 Å². The second kappa shape index (κ2) is 7.95. The van der Waals surface area contributed by atoms with Crippen LogP contribution in [0.25, 0.3) is 0 Å². The van der Waals surface area contributed by atoms with Gasteiger partial charge in [-0.3, -0.25) is 4.79 Å². The highest BCUT2D eigenvalue weighted by Crippen LogP contribution is 2.17. The number of rotatable bonds is 7. The molecule has 1 unspecified atom stereocenters. The number of nitrogen functional groups attached to an aromatic ring is 1. The zero-order valence-corrected chi connectivity index (χ0v) is 13.4. The van der Waals surface area contributed by atoms with Gasteiger partial charge in [-0.2, -0.15) is 0 Å². The summed E-state index contributed by atoms with van der Waals surface area (Å²) in [5.41, 5.74) is 3.87. The number of nitrogens with two attached hydrogens (primary N) is 1. The Morgan fingerprint density at radius 3 is 2.48 bits per heavy atom. The molecule has 1 atom stereocenters. The lowest BCUT2D eigenvalue weighted by Gasteiger charge is -2.22. The van der Waals surface area contributed by atoms with Crippen LogP contribution in [0.1, 0.15) is 49.7 Å². The second-order valence-electron chi connectivity index (χ2n) is 5.74. The Labute approximate surface area is 126 Å². The summed E-state index contributed by atoms with van der Waals surface area (Å²) in [6, 6.07) is 3.41. The SMILES string of the molecule is COCC(NC(=O)c1cc(NN)nc(C(C)C)c1)C(C)C. The summed E-state index contributed by atoms with van der Waals surface area (Å²) in [6.45, 7) is 8.61. The van der Waals surface area contributed by atoms with Gasteiger partial charge in [-0.15, -0.1) is 0 Å². The second-order valence-corrected chi connectivity index (χ2v) is 5.74. The summed E-state index contributed by atoms with van der Waals surface area (Å²) in [5.74, 6) is 6.26. The molecule has 1 rings (SSSR count). The van der Waals surface area contributed by atoms with Gasteiger partial charge in [-0.05, 0) is 24.0 Å². The van der Waals surface area contributed by atoms with E-state index in [2.05, 4.69) is 15.7 Å². The molecule has 1 amide bonds. The van der Waals surface area contributed by atoms with E-state index in [1.165, 1.54) is 0 Å². The quantitative estimate of drug-likeness (QED) is 0.528. The number of methoxy groups -OCH3 is 1. The standard InChI is InChI=1S/C15H26N4O2/c1-9(2)12-6-11(7-14(17-12)19-16)15(20)18-13(8-21-5)10(3)4/h6-7,9-10,13H,8,16H2,1-5H3,(H,17,19)(H,18,20). The number of carbonyl (C=O) groups excluding carboxylic acids is 1. The first-order valence-corrected chi connectivity index (χ1v) is 7.17. The number of carbonyl (C=O) groups is 1. The van der Waals surface area contributed by atoms with Crippen molar-refractivity contribution in [2.75, 3.05) is 19.1 Å². The Balaban J connectivity index is 2.97. The summed E-state index contributed by atoms with van der Waals surface area (Å²) in [7, 11) is 1.63. The highest BCUT2D eigenvalue weighted by atomic mass is 16.5. The van der Waals surface area contributed by atoms with Crippen molar-refractivity contribution in [3.63, 3.8) is 0 Å². The number of amides is 1. The molecule has 0 spiro atoms. The minimum absolute atomic E-state index is 0.0348. The van der Waals surface area contributed by atoms with E-state index in [1.807, 2.05) is 27.7 Å². The van der Waals surface area contributed by atoms with E-state index in [0.717, 1.165) is 5.69 Å². The predicted octanol–water partition coefficient (Wildman–Crippen LogP) is 1.89. The highest BCUT2D eigenvalue weighted by molar-refractivity contribution is 5.95. The molecule has 0 saturated carbocycles. The lowest BCUT2D eigenvalue weighted by atomic mass is 10.0. The van der Waals surface area contributed by atoms with Gasteiger partial charge in [-0.25, -0.2) is 10.8 Å². The molecule has 1 aromatic heterocycles. The molecule has 0 aliphatic carbocycles. The van der Waals surface area contributed by atoms with Crippen LogP contribution in [0, 0.1) is 5.92 Å². The largest absolute Gasteiger partial charge is 0.383 e. The summed E-state index contributed by atoms with van der Waals surface area (Å²) in [5, 5.41) is 2.99. The maximum atomic E-state index is 12.4. The highest BCUT2D eigenvalue weighted by Gasteiger charge is 2.18. The first-order valence-electron chi connectivity index (χ1n) is 7.17. The molecule has 4 N–H and O–H groups in total. The number of hydrogen-bond donors (Lipinski definition) is 3. The van der Waals surface area contributed by atoms with Gasteiger partial charge in [0.1, 0.15) is 5.82 Å². The number of anilines is 1. The third-order valence-electron chi connectivity index (χ3n) is 3.31. The fourth-order valence-electron chi connectivity index (χ4n) is 1.88. The topological polar surface area (TPSA) is 89.3 Å². The van der Waals surface area contributed by atoms with Crippen LogP contribution in [-0.4, -0.2) is 30.6 Å². The lowest BCUT2D eigenvalue weighted by molar-refractivity contribution is 0.0866. The van der Waals surface area contributed by atoms with Crippen LogP contribution in [-0.2, 0) is 4.74 Å². The Hall–Kier alpha value is -1.66. The summed E-state index contributed by atoms with van der Waals surface area (Å²) < 4.78 is 5.15. The van der Waals surface area contributed by atoms with Gasteiger partial charge in [0.15, 0.2) is 0 Å². The average molecular weight is 294 g/mol. The van der Waals surface area contributed by atoms with E-state index < -0.39 is 0 Å². The van der Waals surface area contributed by atoms with Crippen LogP contribution in [0.15, 0.2) is 12.1 Å². The Kier molecular flexibility index (Phi) is 6.58. The normalized spacial score (nSPS) is 12.6. The summed E-state index contributed by atoms with van der Waals surface area (Å²) in [4.78, 5) is 16.8. The monoisotopic (exact) mass is 294 g/mol. The van der Waals surface area contributed by atoms with E-state index >= 15 is 0 Å². The molecule has 0 aliphatic rings. The van der Waals surface area contributed by atoms with Crippen molar-refractivity contribution in [2.45, 2.75) is 39.7 Å². The fraction of sp³-hybridized carbons (Fsp3) is 0.600. The van der Waals surface area contributed by atoms with Gasteiger partial charge in [0.25, 0.3) is 5.91 Å². The summed E-state index contributed by atoms with van der Waals surface area (Å²) in [6.07, 6.45) is 0. The Morgan fingerprint density at radius 2 is 2.00 bits per heavy atom. The van der Waals surface area contributed by atoms with Crippen LogP contribution < -0.4 is 16.6 Å². The number of aromatic nitrogens is 1.